The highest BCUT2D eigenvalue weighted by molar-refractivity contribution is 7.86. The smallest absolute Gasteiger partial charge is 0.335 e. The summed E-state index contributed by atoms with van der Waals surface area (Å²) in [5.74, 6) is -1.11. The average molecular weight is 258 g/mol. The second kappa shape index (κ2) is 4.46. The fraction of sp³-hybridized carbons (Fsp3) is 0.364. The first-order chi connectivity index (χ1) is 7.62. The van der Waals surface area contributed by atoms with Crippen LogP contribution >= 0.6 is 0 Å². The van der Waals surface area contributed by atoms with Gasteiger partial charge in [-0.15, -0.1) is 0 Å². The molecule has 0 aliphatic heterocycles. The lowest BCUT2D eigenvalue weighted by molar-refractivity contribution is 0.0696. The molecule has 1 N–H and O–H groups in total. The van der Waals surface area contributed by atoms with Crippen molar-refractivity contribution in [3.63, 3.8) is 0 Å². The molecular weight excluding hydrogens is 244 g/mol. The quantitative estimate of drug-likeness (QED) is 0.837. The van der Waals surface area contributed by atoms with E-state index in [1.54, 1.807) is 20.8 Å². The molecule has 0 saturated carbocycles. The Kier molecular flexibility index (Phi) is 3.59. The van der Waals surface area contributed by atoms with Crippen molar-refractivity contribution >= 4 is 16.1 Å². The van der Waals surface area contributed by atoms with Crippen LogP contribution < -0.4 is 0 Å². The van der Waals surface area contributed by atoms with E-state index in [4.69, 9.17) is 9.29 Å². The summed E-state index contributed by atoms with van der Waals surface area (Å²) < 4.78 is 28.5. The molecule has 5 nitrogen and oxygen atoms in total. The van der Waals surface area contributed by atoms with E-state index in [2.05, 4.69) is 0 Å². The second-order valence-electron chi connectivity index (χ2n) is 4.48. The third-order valence-electron chi connectivity index (χ3n) is 1.75. The minimum atomic E-state index is -3.85. The number of rotatable bonds is 3. The van der Waals surface area contributed by atoms with Crippen LogP contribution in [0.5, 0.6) is 0 Å². The van der Waals surface area contributed by atoms with Crippen LogP contribution in [0.3, 0.4) is 0 Å². The zero-order valence-corrected chi connectivity index (χ0v) is 10.6. The van der Waals surface area contributed by atoms with Crippen molar-refractivity contribution in [2.24, 2.45) is 0 Å². The summed E-state index contributed by atoms with van der Waals surface area (Å²) >= 11 is 0. The van der Waals surface area contributed by atoms with Gasteiger partial charge in [-0.2, -0.15) is 8.42 Å². The maximum Gasteiger partial charge on any atom is 0.335 e. The lowest BCUT2D eigenvalue weighted by Gasteiger charge is -2.18. The Morgan fingerprint density at radius 1 is 1.18 bits per heavy atom. The van der Waals surface area contributed by atoms with Crippen molar-refractivity contribution in [3.05, 3.63) is 29.8 Å². The van der Waals surface area contributed by atoms with Gasteiger partial charge in [-0.25, -0.2) is 4.79 Å². The van der Waals surface area contributed by atoms with Gasteiger partial charge in [0.2, 0.25) is 0 Å². The van der Waals surface area contributed by atoms with Crippen molar-refractivity contribution in [1.29, 1.82) is 0 Å². The molecule has 1 aromatic carbocycles. The number of benzene rings is 1. The molecule has 0 fully saturated rings. The van der Waals surface area contributed by atoms with Gasteiger partial charge < -0.3 is 5.11 Å². The molecule has 0 unspecified atom stereocenters. The van der Waals surface area contributed by atoms with Crippen molar-refractivity contribution in [2.75, 3.05) is 0 Å². The van der Waals surface area contributed by atoms with Crippen molar-refractivity contribution in [2.45, 2.75) is 31.3 Å². The number of aromatic carboxylic acids is 1. The normalized spacial score (nSPS) is 12.4. The Bertz CT molecular complexity index is 508. The summed E-state index contributed by atoms with van der Waals surface area (Å²) in [6, 6.07) is 4.87. The average Bonchev–Trinajstić information content (AvgIpc) is 2.14. The fourth-order valence-electron chi connectivity index (χ4n) is 1.14. The molecule has 6 heteroatoms. The number of hydrogen-bond donors (Lipinski definition) is 1. The van der Waals surface area contributed by atoms with E-state index >= 15 is 0 Å². The van der Waals surface area contributed by atoms with Crippen LogP contribution in [-0.4, -0.2) is 25.1 Å². The van der Waals surface area contributed by atoms with Gasteiger partial charge in [-0.1, -0.05) is 0 Å². The monoisotopic (exact) mass is 258 g/mol. The largest absolute Gasteiger partial charge is 0.478 e. The third-order valence-corrected chi connectivity index (χ3v) is 3.32. The predicted molar refractivity (Wildman–Crippen MR) is 61.4 cm³/mol. The van der Waals surface area contributed by atoms with E-state index in [1.165, 1.54) is 24.3 Å². The summed E-state index contributed by atoms with van der Waals surface area (Å²) in [5, 5.41) is 8.68. The second-order valence-corrected chi connectivity index (χ2v) is 6.03. The van der Waals surface area contributed by atoms with Crippen LogP contribution in [0.25, 0.3) is 0 Å². The molecule has 0 aliphatic rings. The SMILES string of the molecule is CC(C)(C)OS(=O)(=O)c1ccc(C(=O)O)cc1. The number of carboxylic acid groups (broad SMARTS) is 1. The van der Waals surface area contributed by atoms with Gasteiger partial charge >= 0.3 is 5.97 Å². The minimum absolute atomic E-state index is 0.0275. The van der Waals surface area contributed by atoms with E-state index in [0.717, 1.165) is 0 Å². The zero-order valence-electron chi connectivity index (χ0n) is 9.80. The van der Waals surface area contributed by atoms with Crippen molar-refractivity contribution in [1.82, 2.24) is 0 Å². The molecule has 0 heterocycles. The lowest BCUT2D eigenvalue weighted by Crippen LogP contribution is -2.24. The first kappa shape index (κ1) is 13.7. The van der Waals surface area contributed by atoms with Crippen LogP contribution in [0.2, 0.25) is 0 Å². The highest BCUT2D eigenvalue weighted by atomic mass is 32.2. The Morgan fingerprint density at radius 3 is 2.00 bits per heavy atom. The van der Waals surface area contributed by atoms with Gasteiger partial charge in [0.15, 0.2) is 0 Å². The lowest BCUT2D eigenvalue weighted by atomic mass is 10.2. The maximum atomic E-state index is 11.8. The van der Waals surface area contributed by atoms with Crippen LogP contribution in [0.15, 0.2) is 29.2 Å². The predicted octanol–water partition coefficient (Wildman–Crippen LogP) is 1.89. The van der Waals surface area contributed by atoms with E-state index in [1.807, 2.05) is 0 Å². The highest BCUT2D eigenvalue weighted by Gasteiger charge is 2.23. The molecule has 0 spiro atoms. The number of hydrogen-bond acceptors (Lipinski definition) is 4. The molecule has 17 heavy (non-hydrogen) atoms. The van der Waals surface area contributed by atoms with Crippen molar-refractivity contribution in [3.8, 4) is 0 Å². The molecule has 94 valence electrons. The number of carboxylic acids is 1. The van der Waals surface area contributed by atoms with E-state index in [0.29, 0.717) is 0 Å². The summed E-state index contributed by atoms with van der Waals surface area (Å²) in [5.41, 5.74) is -0.802. The van der Waals surface area contributed by atoms with Gasteiger partial charge in [0, 0.05) is 0 Å². The van der Waals surface area contributed by atoms with Gasteiger partial charge in [0.1, 0.15) is 0 Å². The third kappa shape index (κ3) is 3.83. The summed E-state index contributed by atoms with van der Waals surface area (Å²) in [6.45, 7) is 4.86. The molecule has 0 radical (unpaired) electrons. The zero-order chi connectivity index (χ0) is 13.3. The molecule has 0 aromatic heterocycles. The minimum Gasteiger partial charge on any atom is -0.478 e. The van der Waals surface area contributed by atoms with Crippen LogP contribution in [0.1, 0.15) is 31.1 Å². The van der Waals surface area contributed by atoms with Gasteiger partial charge in [0.25, 0.3) is 10.1 Å². The summed E-state index contributed by atoms with van der Waals surface area (Å²) in [4.78, 5) is 10.6. The van der Waals surface area contributed by atoms with Gasteiger partial charge in [0.05, 0.1) is 16.1 Å². The molecule has 0 aliphatic carbocycles. The van der Waals surface area contributed by atoms with Gasteiger partial charge in [-0.05, 0) is 45.0 Å². The van der Waals surface area contributed by atoms with Crippen LogP contribution in [0, 0.1) is 0 Å². The van der Waals surface area contributed by atoms with E-state index < -0.39 is 21.7 Å². The molecule has 1 rings (SSSR count). The molecule has 0 amide bonds. The molecule has 1 aromatic rings. The van der Waals surface area contributed by atoms with Crippen LogP contribution in [-0.2, 0) is 14.3 Å². The Hall–Kier alpha value is -1.40. The Morgan fingerprint density at radius 2 is 1.65 bits per heavy atom. The molecule has 0 bridgehead atoms. The molecule has 0 atom stereocenters. The fourth-order valence-corrected chi connectivity index (χ4v) is 2.37. The molecular formula is C11H14O5S. The van der Waals surface area contributed by atoms with E-state index in [-0.39, 0.29) is 10.5 Å². The Labute approximate surface area is 100 Å². The van der Waals surface area contributed by atoms with Crippen LogP contribution in [0.4, 0.5) is 0 Å². The summed E-state index contributed by atoms with van der Waals surface area (Å²) in [7, 11) is -3.85. The number of carbonyl (C=O) groups is 1. The molecule has 0 saturated heterocycles. The topological polar surface area (TPSA) is 80.7 Å². The standard InChI is InChI=1S/C11H14O5S/c1-11(2,3)16-17(14,15)9-6-4-8(5-7-9)10(12)13/h4-7H,1-3H3,(H,12,13). The first-order valence-corrected chi connectivity index (χ1v) is 6.32. The first-order valence-electron chi connectivity index (χ1n) is 4.91. The maximum absolute atomic E-state index is 11.8. The van der Waals surface area contributed by atoms with E-state index in [9.17, 15) is 13.2 Å². The highest BCUT2D eigenvalue weighted by Crippen LogP contribution is 2.19. The Balaban J connectivity index is 3.05. The summed E-state index contributed by atoms with van der Waals surface area (Å²) in [6.07, 6.45) is 0. The van der Waals surface area contributed by atoms with Gasteiger partial charge in [-0.3, -0.25) is 4.18 Å². The van der Waals surface area contributed by atoms with Crippen molar-refractivity contribution < 1.29 is 22.5 Å².